The average Bonchev–Trinajstić information content (AvgIpc) is 2.77. The first kappa shape index (κ1) is 30.3. The van der Waals surface area contributed by atoms with E-state index in [1.54, 1.807) is 26.8 Å². The van der Waals surface area contributed by atoms with Crippen LogP contribution >= 0.6 is 12.6 Å². The molecule has 1 aromatic carbocycles. The molecule has 0 saturated heterocycles. The quantitative estimate of drug-likeness (QED) is 0.312. The Morgan fingerprint density at radius 2 is 1.80 bits per heavy atom. The summed E-state index contributed by atoms with van der Waals surface area (Å²) in [5.41, 5.74) is 1.70. The summed E-state index contributed by atoms with van der Waals surface area (Å²) in [5.74, 6) is -1.60. The van der Waals surface area contributed by atoms with Gasteiger partial charge in [0.05, 0.1) is 7.11 Å². The third-order valence-corrected chi connectivity index (χ3v) is 5.49. The molecule has 0 heterocycles. The molecule has 0 saturated carbocycles. The monoisotopic (exact) mass is 509 g/mol. The van der Waals surface area contributed by atoms with E-state index in [-0.39, 0.29) is 18.8 Å². The standard InChI is InChI=1S/C25H39N3O6S/c1-8-9-12-28(23(31)19(15-35)27-24(32)34-25(4,5)6)21(22(30)26-14-20(29)33-7)18-11-10-16(2)13-17(18)3/h10-11,13,19,21,35H,8-9,12,14-15H2,1-7H3,(H,26,30)(H,27,32). The van der Waals surface area contributed by atoms with Gasteiger partial charge < -0.3 is 25.0 Å². The molecule has 0 aromatic heterocycles. The second-order valence-corrected chi connectivity index (χ2v) is 9.69. The van der Waals surface area contributed by atoms with Crippen molar-refractivity contribution in [3.8, 4) is 0 Å². The summed E-state index contributed by atoms with van der Waals surface area (Å²) in [6.45, 7) is 10.9. The van der Waals surface area contributed by atoms with Gasteiger partial charge in [0.2, 0.25) is 11.8 Å². The van der Waals surface area contributed by atoms with Crippen LogP contribution in [0, 0.1) is 13.8 Å². The molecule has 0 fully saturated rings. The van der Waals surface area contributed by atoms with Gasteiger partial charge in [-0.3, -0.25) is 14.4 Å². The molecule has 3 amide bonds. The van der Waals surface area contributed by atoms with Crippen LogP contribution in [0.2, 0.25) is 0 Å². The number of methoxy groups -OCH3 is 1. The molecular formula is C25H39N3O6S. The Bertz CT molecular complexity index is 900. The first-order valence-electron chi connectivity index (χ1n) is 11.7. The van der Waals surface area contributed by atoms with E-state index in [9.17, 15) is 19.2 Å². The number of carbonyl (C=O) groups excluding carboxylic acids is 4. The highest BCUT2D eigenvalue weighted by Crippen LogP contribution is 2.27. The molecule has 1 aromatic rings. The van der Waals surface area contributed by atoms with Crippen LogP contribution in [0.25, 0.3) is 0 Å². The third-order valence-electron chi connectivity index (χ3n) is 5.12. The Kier molecular flexibility index (Phi) is 12.1. The molecule has 1 rings (SSSR count). The Labute approximate surface area is 213 Å². The van der Waals surface area contributed by atoms with Gasteiger partial charge >= 0.3 is 12.1 Å². The number of aryl methyl sites for hydroxylation is 2. The highest BCUT2D eigenvalue weighted by molar-refractivity contribution is 7.80. The van der Waals surface area contributed by atoms with Gasteiger partial charge in [-0.25, -0.2) is 4.79 Å². The van der Waals surface area contributed by atoms with Crippen LogP contribution in [0.5, 0.6) is 0 Å². The van der Waals surface area contributed by atoms with Gasteiger partial charge in [-0.2, -0.15) is 12.6 Å². The van der Waals surface area contributed by atoms with Gasteiger partial charge in [-0.05, 0) is 52.2 Å². The molecule has 0 radical (unpaired) electrons. The second kappa shape index (κ2) is 14.0. The number of benzene rings is 1. The maximum absolute atomic E-state index is 13.7. The summed E-state index contributed by atoms with van der Waals surface area (Å²) < 4.78 is 9.93. The van der Waals surface area contributed by atoms with Gasteiger partial charge in [-0.15, -0.1) is 0 Å². The Morgan fingerprint density at radius 3 is 2.31 bits per heavy atom. The first-order chi connectivity index (χ1) is 16.3. The fraction of sp³-hybridized carbons (Fsp3) is 0.600. The van der Waals surface area contributed by atoms with Crippen molar-refractivity contribution in [3.63, 3.8) is 0 Å². The van der Waals surface area contributed by atoms with Crippen LogP contribution in [0.3, 0.4) is 0 Å². The number of amides is 3. The molecule has 9 nitrogen and oxygen atoms in total. The highest BCUT2D eigenvalue weighted by Gasteiger charge is 2.36. The lowest BCUT2D eigenvalue weighted by Gasteiger charge is -2.35. The molecular weight excluding hydrogens is 470 g/mol. The van der Waals surface area contributed by atoms with Crippen LogP contribution < -0.4 is 10.6 Å². The highest BCUT2D eigenvalue weighted by atomic mass is 32.1. The van der Waals surface area contributed by atoms with Gasteiger partial charge in [0.1, 0.15) is 24.2 Å². The van der Waals surface area contributed by atoms with Gasteiger partial charge in [0.25, 0.3) is 0 Å². The Morgan fingerprint density at radius 1 is 1.14 bits per heavy atom. The summed E-state index contributed by atoms with van der Waals surface area (Å²) >= 11 is 4.27. The van der Waals surface area contributed by atoms with Crippen LogP contribution in [0.4, 0.5) is 4.79 Å². The normalized spacial score (nSPS) is 12.8. The predicted molar refractivity (Wildman–Crippen MR) is 137 cm³/mol. The molecule has 2 N–H and O–H groups in total. The molecule has 2 unspecified atom stereocenters. The Hall–Kier alpha value is -2.75. The van der Waals surface area contributed by atoms with Gasteiger partial charge in [0.15, 0.2) is 0 Å². The number of nitrogens with zero attached hydrogens (tertiary/aromatic N) is 1. The fourth-order valence-corrected chi connectivity index (χ4v) is 3.69. The molecule has 0 spiro atoms. The zero-order valence-electron chi connectivity index (χ0n) is 21.8. The molecule has 0 aliphatic rings. The fourth-order valence-electron chi connectivity index (χ4n) is 3.44. The molecule has 196 valence electrons. The number of hydrogen-bond donors (Lipinski definition) is 3. The van der Waals surface area contributed by atoms with Crippen molar-refractivity contribution in [3.05, 3.63) is 34.9 Å². The molecule has 2 atom stereocenters. The lowest BCUT2D eigenvalue weighted by Crippen LogP contribution is -2.54. The third kappa shape index (κ3) is 9.79. The molecule has 35 heavy (non-hydrogen) atoms. The van der Waals surface area contributed by atoms with E-state index in [1.165, 1.54) is 12.0 Å². The number of hydrogen-bond acceptors (Lipinski definition) is 7. The van der Waals surface area contributed by atoms with E-state index in [2.05, 4.69) is 28.0 Å². The maximum Gasteiger partial charge on any atom is 0.408 e. The summed E-state index contributed by atoms with van der Waals surface area (Å²) in [6.07, 6.45) is 0.653. The summed E-state index contributed by atoms with van der Waals surface area (Å²) in [7, 11) is 1.23. The topological polar surface area (TPSA) is 114 Å². The number of thiol groups is 1. The minimum absolute atomic E-state index is 0.00405. The van der Waals surface area contributed by atoms with Crippen molar-refractivity contribution < 1.29 is 28.7 Å². The Balaban J connectivity index is 3.42. The number of ether oxygens (including phenoxy) is 2. The number of esters is 1. The predicted octanol–water partition coefficient (Wildman–Crippen LogP) is 3.09. The lowest BCUT2D eigenvalue weighted by atomic mass is 9.96. The van der Waals surface area contributed by atoms with E-state index >= 15 is 0 Å². The van der Waals surface area contributed by atoms with Crippen LogP contribution in [0.1, 0.15) is 63.3 Å². The second-order valence-electron chi connectivity index (χ2n) is 9.32. The van der Waals surface area contributed by atoms with E-state index in [0.29, 0.717) is 12.0 Å². The van der Waals surface area contributed by atoms with Crippen LogP contribution in [-0.2, 0) is 23.9 Å². The van der Waals surface area contributed by atoms with Gasteiger partial charge in [0, 0.05) is 12.3 Å². The number of nitrogens with one attached hydrogen (secondary N) is 2. The summed E-state index contributed by atoms with van der Waals surface area (Å²) in [4.78, 5) is 52.6. The molecule has 0 bridgehead atoms. The van der Waals surface area contributed by atoms with Gasteiger partial charge in [-0.1, -0.05) is 37.1 Å². The molecule has 10 heteroatoms. The zero-order valence-corrected chi connectivity index (χ0v) is 22.7. The molecule has 0 aliphatic heterocycles. The van der Waals surface area contributed by atoms with Crippen molar-refractivity contribution in [2.24, 2.45) is 0 Å². The minimum Gasteiger partial charge on any atom is -0.468 e. The largest absolute Gasteiger partial charge is 0.468 e. The van der Waals surface area contributed by atoms with E-state index < -0.39 is 41.6 Å². The minimum atomic E-state index is -1.03. The number of alkyl carbamates (subject to hydrolysis) is 1. The zero-order chi connectivity index (χ0) is 26.8. The van der Waals surface area contributed by atoms with Crippen molar-refractivity contribution >= 4 is 36.5 Å². The number of unbranched alkanes of at least 4 members (excludes halogenated alkanes) is 1. The van der Waals surface area contributed by atoms with Crippen molar-refractivity contribution in [2.45, 2.75) is 72.1 Å². The van der Waals surface area contributed by atoms with Crippen molar-refractivity contribution in [2.75, 3.05) is 26.0 Å². The summed E-state index contributed by atoms with van der Waals surface area (Å²) in [6, 6.07) is 3.54. The summed E-state index contributed by atoms with van der Waals surface area (Å²) in [5, 5.41) is 5.15. The van der Waals surface area contributed by atoms with Crippen molar-refractivity contribution in [1.29, 1.82) is 0 Å². The average molecular weight is 510 g/mol. The number of carbonyl (C=O) groups is 4. The lowest BCUT2D eigenvalue weighted by molar-refractivity contribution is -0.144. The first-order valence-corrected chi connectivity index (χ1v) is 12.3. The van der Waals surface area contributed by atoms with Crippen LogP contribution in [0.15, 0.2) is 18.2 Å². The van der Waals surface area contributed by atoms with E-state index in [0.717, 1.165) is 17.5 Å². The molecule has 0 aliphatic carbocycles. The van der Waals surface area contributed by atoms with Crippen molar-refractivity contribution in [1.82, 2.24) is 15.5 Å². The number of rotatable bonds is 11. The maximum atomic E-state index is 13.7. The van der Waals surface area contributed by atoms with E-state index in [4.69, 9.17) is 4.74 Å². The SMILES string of the molecule is CCCCN(C(=O)C(CS)NC(=O)OC(C)(C)C)C(C(=O)NCC(=O)OC)c1ccc(C)cc1C. The van der Waals surface area contributed by atoms with Crippen LogP contribution in [-0.4, -0.2) is 66.4 Å². The van der Waals surface area contributed by atoms with E-state index in [1.807, 2.05) is 32.9 Å². The smallest absolute Gasteiger partial charge is 0.408 e.